The van der Waals surface area contributed by atoms with E-state index in [9.17, 15) is 4.79 Å². The number of hydrogen-bond acceptors (Lipinski definition) is 4. The Kier molecular flexibility index (Phi) is 8.36. The van der Waals surface area contributed by atoms with Gasteiger partial charge in [0.25, 0.3) is 5.91 Å². The summed E-state index contributed by atoms with van der Waals surface area (Å²) in [6.45, 7) is 6.15. The van der Waals surface area contributed by atoms with E-state index in [0.717, 1.165) is 25.1 Å². The summed E-state index contributed by atoms with van der Waals surface area (Å²) in [5, 5.41) is 6.22. The summed E-state index contributed by atoms with van der Waals surface area (Å²) in [5.41, 5.74) is 2.70. The Balaban J connectivity index is 0.00000288. The number of ether oxygens (including phenoxy) is 2. The van der Waals surface area contributed by atoms with E-state index >= 15 is 0 Å². The molecular weight excluding hydrogens is 328 g/mol. The molecule has 0 aliphatic carbocycles. The largest absolute Gasteiger partial charge is 0.493 e. The van der Waals surface area contributed by atoms with Crippen molar-refractivity contribution in [1.29, 1.82) is 0 Å². The molecule has 24 heavy (non-hydrogen) atoms. The molecule has 0 unspecified atom stereocenters. The molecule has 0 atom stereocenters. The fraction of sp³-hybridized carbons (Fsp3) is 0.389. The number of carbonyl (C=O) groups is 1. The van der Waals surface area contributed by atoms with E-state index in [4.69, 9.17) is 9.47 Å². The van der Waals surface area contributed by atoms with Gasteiger partial charge < -0.3 is 20.1 Å². The van der Waals surface area contributed by atoms with Crippen molar-refractivity contribution in [2.75, 3.05) is 33.9 Å². The van der Waals surface area contributed by atoms with Gasteiger partial charge in [-0.3, -0.25) is 4.79 Å². The van der Waals surface area contributed by atoms with E-state index in [1.807, 2.05) is 6.07 Å². The van der Waals surface area contributed by atoms with Gasteiger partial charge in [-0.2, -0.15) is 0 Å². The number of benzene rings is 1. The van der Waals surface area contributed by atoms with Crippen LogP contribution in [0.3, 0.4) is 0 Å². The van der Waals surface area contributed by atoms with E-state index in [-0.39, 0.29) is 18.3 Å². The van der Waals surface area contributed by atoms with Gasteiger partial charge >= 0.3 is 0 Å². The normalized spacial score (nSPS) is 13.3. The number of amides is 1. The summed E-state index contributed by atoms with van der Waals surface area (Å²) in [7, 11) is 3.16. The van der Waals surface area contributed by atoms with Crippen LogP contribution in [-0.4, -0.2) is 39.8 Å². The van der Waals surface area contributed by atoms with Gasteiger partial charge in [-0.1, -0.05) is 17.7 Å². The van der Waals surface area contributed by atoms with Gasteiger partial charge in [0.15, 0.2) is 11.5 Å². The van der Waals surface area contributed by atoms with Gasteiger partial charge in [0.1, 0.15) is 0 Å². The predicted molar refractivity (Wildman–Crippen MR) is 98.6 cm³/mol. The zero-order chi connectivity index (χ0) is 16.7. The third-order valence-electron chi connectivity index (χ3n) is 3.82. The molecule has 2 N–H and O–H groups in total. The van der Waals surface area contributed by atoms with Gasteiger partial charge in [0, 0.05) is 24.2 Å². The van der Waals surface area contributed by atoms with E-state index in [1.54, 1.807) is 26.4 Å². The van der Waals surface area contributed by atoms with Gasteiger partial charge in [0.05, 0.1) is 14.2 Å². The van der Waals surface area contributed by atoms with Crippen LogP contribution in [0.1, 0.15) is 22.3 Å². The zero-order valence-electron chi connectivity index (χ0n) is 14.2. The minimum Gasteiger partial charge on any atom is -0.493 e. The molecular formula is C18H25ClN2O3. The first-order chi connectivity index (χ1) is 11.2. The lowest BCUT2D eigenvalue weighted by molar-refractivity contribution is 0.0956. The highest BCUT2D eigenvalue weighted by Gasteiger charge is 2.16. The summed E-state index contributed by atoms with van der Waals surface area (Å²) >= 11 is 0. The molecule has 0 saturated heterocycles. The van der Waals surface area contributed by atoms with Crippen LogP contribution in [0.4, 0.5) is 0 Å². The second kappa shape index (κ2) is 10.0. The molecule has 0 radical (unpaired) electrons. The zero-order valence-corrected chi connectivity index (χ0v) is 15.0. The predicted octanol–water partition coefficient (Wildman–Crippen LogP) is 2.50. The summed E-state index contributed by atoms with van der Waals surface area (Å²) in [5.74, 6) is 1.08. The highest BCUT2D eigenvalue weighted by atomic mass is 35.5. The van der Waals surface area contributed by atoms with Crippen LogP contribution in [-0.2, 0) is 6.42 Å². The van der Waals surface area contributed by atoms with Crippen LogP contribution in [0.5, 0.6) is 11.5 Å². The van der Waals surface area contributed by atoms with Crippen molar-refractivity contribution in [3.05, 3.63) is 47.6 Å². The van der Waals surface area contributed by atoms with E-state index in [2.05, 4.69) is 23.3 Å². The minimum absolute atomic E-state index is 0. The standard InChI is InChI=1S/C18H24N2O3.ClH/c1-4-5-14-10-15(11-16(22-2)17(14)23-3)18(21)20-12-13-6-8-19-9-7-13;/h4,6,10-11,19H,1,5,7-9,12H2,2-3H3,(H,20,21);1H. The van der Waals surface area contributed by atoms with Crippen molar-refractivity contribution in [3.63, 3.8) is 0 Å². The molecule has 0 aromatic heterocycles. The summed E-state index contributed by atoms with van der Waals surface area (Å²) < 4.78 is 10.7. The molecule has 1 heterocycles. The number of carbonyl (C=O) groups excluding carboxylic acids is 1. The van der Waals surface area contributed by atoms with Gasteiger partial charge in [-0.05, 0) is 31.5 Å². The Bertz CT molecular complexity index is 615. The van der Waals surface area contributed by atoms with Crippen molar-refractivity contribution in [1.82, 2.24) is 10.6 Å². The van der Waals surface area contributed by atoms with Crippen molar-refractivity contribution >= 4 is 18.3 Å². The molecule has 1 aliphatic rings. The lowest BCUT2D eigenvalue weighted by Crippen LogP contribution is -2.29. The molecule has 1 aliphatic heterocycles. The van der Waals surface area contributed by atoms with Crippen LogP contribution in [0.15, 0.2) is 36.4 Å². The summed E-state index contributed by atoms with van der Waals surface area (Å²) in [6, 6.07) is 3.53. The summed E-state index contributed by atoms with van der Waals surface area (Å²) in [6.07, 6.45) is 5.48. The number of nitrogens with one attached hydrogen (secondary N) is 2. The van der Waals surface area contributed by atoms with Crippen LogP contribution >= 0.6 is 12.4 Å². The van der Waals surface area contributed by atoms with Crippen molar-refractivity contribution < 1.29 is 14.3 Å². The monoisotopic (exact) mass is 352 g/mol. The molecule has 0 fully saturated rings. The average Bonchev–Trinajstić information content (AvgIpc) is 2.60. The Morgan fingerprint density at radius 1 is 1.38 bits per heavy atom. The molecule has 0 saturated carbocycles. The highest BCUT2D eigenvalue weighted by molar-refractivity contribution is 5.95. The van der Waals surface area contributed by atoms with E-state index in [0.29, 0.717) is 30.0 Å². The molecule has 5 nitrogen and oxygen atoms in total. The van der Waals surface area contributed by atoms with Crippen molar-refractivity contribution in [2.45, 2.75) is 12.8 Å². The molecule has 0 spiro atoms. The topological polar surface area (TPSA) is 59.6 Å². The van der Waals surface area contributed by atoms with Gasteiger partial charge in [0.2, 0.25) is 0 Å². The van der Waals surface area contributed by atoms with Crippen LogP contribution in [0.25, 0.3) is 0 Å². The number of allylic oxidation sites excluding steroid dienone is 1. The fourth-order valence-corrected chi connectivity index (χ4v) is 2.61. The number of methoxy groups -OCH3 is 2. The molecule has 1 aromatic rings. The Hall–Kier alpha value is -1.98. The third-order valence-corrected chi connectivity index (χ3v) is 3.82. The van der Waals surface area contributed by atoms with Crippen LogP contribution < -0.4 is 20.1 Å². The lowest BCUT2D eigenvalue weighted by Gasteiger charge is -2.16. The van der Waals surface area contributed by atoms with E-state index < -0.39 is 0 Å². The smallest absolute Gasteiger partial charge is 0.251 e. The van der Waals surface area contributed by atoms with Gasteiger partial charge in [-0.15, -0.1) is 19.0 Å². The quantitative estimate of drug-likeness (QED) is 0.740. The second-order valence-electron chi connectivity index (χ2n) is 5.36. The first-order valence-corrected chi connectivity index (χ1v) is 7.72. The van der Waals surface area contributed by atoms with E-state index in [1.165, 1.54) is 5.57 Å². The number of hydrogen-bond donors (Lipinski definition) is 2. The van der Waals surface area contributed by atoms with Crippen LogP contribution in [0.2, 0.25) is 0 Å². The highest BCUT2D eigenvalue weighted by Crippen LogP contribution is 2.33. The first kappa shape index (κ1) is 20.1. The minimum atomic E-state index is -0.115. The number of rotatable bonds is 7. The van der Waals surface area contributed by atoms with Crippen molar-refractivity contribution in [3.8, 4) is 11.5 Å². The fourth-order valence-electron chi connectivity index (χ4n) is 2.61. The second-order valence-corrected chi connectivity index (χ2v) is 5.36. The third kappa shape index (κ3) is 5.01. The molecule has 1 aromatic carbocycles. The Morgan fingerprint density at radius 3 is 2.75 bits per heavy atom. The maximum atomic E-state index is 12.4. The lowest BCUT2D eigenvalue weighted by atomic mass is 10.0. The Labute approximate surface area is 149 Å². The first-order valence-electron chi connectivity index (χ1n) is 7.72. The summed E-state index contributed by atoms with van der Waals surface area (Å²) in [4.78, 5) is 12.4. The number of halogens is 1. The van der Waals surface area contributed by atoms with Gasteiger partial charge in [-0.25, -0.2) is 0 Å². The average molecular weight is 353 g/mol. The molecule has 6 heteroatoms. The van der Waals surface area contributed by atoms with Crippen molar-refractivity contribution in [2.24, 2.45) is 0 Å². The molecule has 1 amide bonds. The maximum Gasteiger partial charge on any atom is 0.251 e. The SMILES string of the molecule is C=CCc1cc(C(=O)NCC2=CCNCC2)cc(OC)c1OC.Cl. The molecule has 132 valence electrons. The Morgan fingerprint density at radius 2 is 2.17 bits per heavy atom. The molecule has 0 bridgehead atoms. The van der Waals surface area contributed by atoms with Crippen LogP contribution in [0, 0.1) is 0 Å². The maximum absolute atomic E-state index is 12.4. The molecule has 2 rings (SSSR count).